The summed E-state index contributed by atoms with van der Waals surface area (Å²) in [6.45, 7) is 3.77. The van der Waals surface area contributed by atoms with Crippen LogP contribution in [0, 0.1) is 0 Å². The van der Waals surface area contributed by atoms with Crippen LogP contribution < -0.4 is 10.3 Å². The summed E-state index contributed by atoms with van der Waals surface area (Å²) >= 11 is 0. The van der Waals surface area contributed by atoms with Crippen LogP contribution in [0.1, 0.15) is 13.8 Å². The Bertz CT molecular complexity index is 83.1. The monoisotopic (exact) mass is 165 g/mol. The van der Waals surface area contributed by atoms with E-state index < -0.39 is 5.97 Å². The van der Waals surface area contributed by atoms with Crippen LogP contribution in [0.25, 0.3) is 0 Å². The van der Waals surface area contributed by atoms with Crippen molar-refractivity contribution in [2.45, 2.75) is 13.8 Å². The van der Waals surface area contributed by atoms with Gasteiger partial charge in [-0.05, 0) is 13.8 Å². The number of carbonyl (C=O) groups excluding carboxylic acids is 1. The summed E-state index contributed by atoms with van der Waals surface area (Å²) in [5, 5.41) is 9.57. The van der Waals surface area contributed by atoms with E-state index in [4.69, 9.17) is 19.6 Å². The smallest absolute Gasteiger partial charge is 0.137 e. The number of carboxylic acid groups (broad SMARTS) is 1. The standard InChI is InChI=1S/C4H11NO2.C2H4O2/c1-4-5(6-2)7-3;1-2(3)4/h4H2,1-3H3;1H3,(H,3,4). The minimum atomic E-state index is -1.08. The van der Waals surface area contributed by atoms with E-state index in [9.17, 15) is 0 Å². The number of hydroxylamine groups is 2. The number of rotatable bonds is 3. The van der Waals surface area contributed by atoms with Gasteiger partial charge in [0.25, 0.3) is 0 Å². The first-order chi connectivity index (χ1) is 5.08. The van der Waals surface area contributed by atoms with Crippen LogP contribution in [-0.2, 0) is 14.5 Å². The molecule has 0 radical (unpaired) electrons. The highest BCUT2D eigenvalue weighted by Crippen LogP contribution is 1.44. The number of quaternary nitrogens is 1. The van der Waals surface area contributed by atoms with Crippen molar-refractivity contribution in [1.82, 2.24) is 0 Å². The molecule has 0 saturated carbocycles. The van der Waals surface area contributed by atoms with Crippen molar-refractivity contribution in [2.24, 2.45) is 0 Å². The minimum Gasteiger partial charge on any atom is -0.550 e. The van der Waals surface area contributed by atoms with Crippen molar-refractivity contribution in [3.05, 3.63) is 0 Å². The molecule has 0 unspecified atom stereocenters. The molecule has 0 aromatic carbocycles. The van der Waals surface area contributed by atoms with Gasteiger partial charge in [-0.3, -0.25) is 0 Å². The number of carboxylic acids is 1. The molecule has 0 saturated heterocycles. The fraction of sp³-hybridized carbons (Fsp3) is 0.833. The van der Waals surface area contributed by atoms with Crippen molar-refractivity contribution in [1.29, 1.82) is 0 Å². The van der Waals surface area contributed by atoms with Crippen molar-refractivity contribution in [3.63, 3.8) is 0 Å². The van der Waals surface area contributed by atoms with E-state index in [-0.39, 0.29) is 0 Å². The number of hydrogen-bond acceptors (Lipinski definition) is 4. The van der Waals surface area contributed by atoms with Gasteiger partial charge in [-0.15, -0.1) is 0 Å². The Balaban J connectivity index is 0. The Hall–Kier alpha value is -0.650. The second kappa shape index (κ2) is 9.35. The molecule has 0 bridgehead atoms. The topological polar surface area (TPSA) is 63.0 Å². The van der Waals surface area contributed by atoms with Gasteiger partial charge in [0.2, 0.25) is 0 Å². The number of aliphatic carboxylic acids is 1. The van der Waals surface area contributed by atoms with E-state index in [2.05, 4.69) is 0 Å². The molecule has 0 aliphatic heterocycles. The number of carbonyl (C=O) groups is 1. The molecular formula is C6H15NO4. The van der Waals surface area contributed by atoms with Gasteiger partial charge in [0.15, 0.2) is 0 Å². The van der Waals surface area contributed by atoms with E-state index in [0.717, 1.165) is 13.5 Å². The van der Waals surface area contributed by atoms with Crippen LogP contribution in [0.3, 0.4) is 0 Å². The van der Waals surface area contributed by atoms with Gasteiger partial charge >= 0.3 is 0 Å². The normalized spacial score (nSPS) is 8.82. The molecule has 0 fully saturated rings. The highest BCUT2D eigenvalue weighted by Gasteiger charge is 1.96. The van der Waals surface area contributed by atoms with Crippen molar-refractivity contribution in [3.8, 4) is 0 Å². The van der Waals surface area contributed by atoms with Gasteiger partial charge in [-0.25, -0.2) is 0 Å². The maximum Gasteiger partial charge on any atom is 0.137 e. The van der Waals surface area contributed by atoms with E-state index in [0.29, 0.717) is 5.23 Å². The van der Waals surface area contributed by atoms with Gasteiger partial charge in [0, 0.05) is 5.97 Å². The van der Waals surface area contributed by atoms with Crippen LogP contribution >= 0.6 is 0 Å². The first-order valence-corrected chi connectivity index (χ1v) is 3.19. The third-order valence-corrected chi connectivity index (χ3v) is 0.744. The molecule has 11 heavy (non-hydrogen) atoms. The molecule has 0 spiro atoms. The van der Waals surface area contributed by atoms with Gasteiger partial charge < -0.3 is 9.90 Å². The first-order valence-electron chi connectivity index (χ1n) is 3.19. The Morgan fingerprint density at radius 1 is 1.45 bits per heavy atom. The van der Waals surface area contributed by atoms with Crippen molar-refractivity contribution in [2.75, 3.05) is 20.8 Å². The molecule has 5 heteroatoms. The summed E-state index contributed by atoms with van der Waals surface area (Å²) in [5.74, 6) is -1.08. The summed E-state index contributed by atoms with van der Waals surface area (Å²) in [4.78, 5) is 18.4. The van der Waals surface area contributed by atoms with Crippen molar-refractivity contribution < 1.29 is 24.8 Å². The highest BCUT2D eigenvalue weighted by molar-refractivity contribution is 5.60. The predicted octanol–water partition coefficient (Wildman–Crippen LogP) is -2.23. The van der Waals surface area contributed by atoms with Gasteiger partial charge in [-0.2, -0.15) is 9.68 Å². The predicted molar refractivity (Wildman–Crippen MR) is 36.2 cm³/mol. The lowest BCUT2D eigenvalue weighted by molar-refractivity contribution is -1.23. The quantitative estimate of drug-likeness (QED) is 0.481. The summed E-state index contributed by atoms with van der Waals surface area (Å²) < 4.78 is 0. The molecule has 0 heterocycles. The summed E-state index contributed by atoms with van der Waals surface area (Å²) in [7, 11) is 3.20. The Morgan fingerprint density at radius 2 is 1.73 bits per heavy atom. The molecule has 0 aromatic rings. The van der Waals surface area contributed by atoms with Crippen LogP contribution in [0.15, 0.2) is 0 Å². The van der Waals surface area contributed by atoms with Crippen LogP contribution in [0.4, 0.5) is 0 Å². The lowest BCUT2D eigenvalue weighted by atomic mass is 10.8. The second-order valence-corrected chi connectivity index (χ2v) is 1.63. The average molecular weight is 165 g/mol. The third-order valence-electron chi connectivity index (χ3n) is 0.744. The fourth-order valence-electron chi connectivity index (χ4n) is 0.372. The SMILES string of the molecule is CC(=O)[O-].CC[NH+](OC)OC. The van der Waals surface area contributed by atoms with Gasteiger partial charge in [0.05, 0.1) is 14.2 Å². The van der Waals surface area contributed by atoms with E-state index in [1.165, 1.54) is 0 Å². The molecule has 5 nitrogen and oxygen atoms in total. The summed E-state index contributed by atoms with van der Waals surface area (Å²) in [5.41, 5.74) is 0. The van der Waals surface area contributed by atoms with Crippen molar-refractivity contribution >= 4 is 5.97 Å². The zero-order valence-electron chi connectivity index (χ0n) is 7.34. The maximum absolute atomic E-state index is 8.89. The van der Waals surface area contributed by atoms with Gasteiger partial charge in [0.1, 0.15) is 6.54 Å². The Labute approximate surface area is 66.4 Å². The first kappa shape index (κ1) is 13.0. The molecule has 0 aliphatic rings. The Morgan fingerprint density at radius 3 is 1.73 bits per heavy atom. The largest absolute Gasteiger partial charge is 0.550 e. The third kappa shape index (κ3) is 17.6. The molecular weight excluding hydrogens is 150 g/mol. The molecule has 1 N–H and O–H groups in total. The lowest BCUT2D eigenvalue weighted by Gasteiger charge is -2.05. The molecule has 0 amide bonds. The molecule has 0 aromatic heterocycles. The Kier molecular flexibility index (Phi) is 11.0. The van der Waals surface area contributed by atoms with E-state index in [1.54, 1.807) is 14.2 Å². The van der Waals surface area contributed by atoms with Crippen LogP contribution in [-0.4, -0.2) is 26.7 Å². The van der Waals surface area contributed by atoms with Gasteiger partial charge in [-0.1, -0.05) is 5.23 Å². The summed E-state index contributed by atoms with van der Waals surface area (Å²) in [6, 6.07) is 0. The number of nitrogens with one attached hydrogen (secondary N) is 1. The highest BCUT2D eigenvalue weighted by atomic mass is 16.9. The second-order valence-electron chi connectivity index (χ2n) is 1.63. The molecule has 0 aliphatic carbocycles. The fourth-order valence-corrected chi connectivity index (χ4v) is 0.372. The molecule has 0 atom stereocenters. The average Bonchev–Trinajstić information content (AvgIpc) is 1.90. The number of hydrogen-bond donors (Lipinski definition) is 1. The molecule has 0 rings (SSSR count). The van der Waals surface area contributed by atoms with E-state index >= 15 is 0 Å². The zero-order valence-corrected chi connectivity index (χ0v) is 7.34. The zero-order chi connectivity index (χ0) is 9.28. The maximum atomic E-state index is 8.89. The minimum absolute atomic E-state index is 0.681. The van der Waals surface area contributed by atoms with Crippen LogP contribution in [0.2, 0.25) is 0 Å². The van der Waals surface area contributed by atoms with E-state index in [1.807, 2.05) is 6.92 Å². The molecule has 68 valence electrons. The van der Waals surface area contributed by atoms with Crippen LogP contribution in [0.5, 0.6) is 0 Å². The lowest BCUT2D eigenvalue weighted by Crippen LogP contribution is -3.09. The summed E-state index contributed by atoms with van der Waals surface area (Å²) in [6.07, 6.45) is 0.